The van der Waals surface area contributed by atoms with Crippen molar-refractivity contribution < 1.29 is 27.5 Å². The highest BCUT2D eigenvalue weighted by molar-refractivity contribution is 7.92. The van der Waals surface area contributed by atoms with Crippen molar-refractivity contribution in [1.82, 2.24) is 5.32 Å². The zero-order valence-electron chi connectivity index (χ0n) is 15.7. The molecule has 1 N–H and O–H groups in total. The molecule has 0 radical (unpaired) electrons. The smallest absolute Gasteiger partial charge is 0.407 e. The van der Waals surface area contributed by atoms with Crippen LogP contribution in [0.5, 0.6) is 0 Å². The number of alkyl carbamates (subject to hydrolysis) is 1. The van der Waals surface area contributed by atoms with Crippen molar-refractivity contribution in [3.8, 4) is 0 Å². The summed E-state index contributed by atoms with van der Waals surface area (Å²) in [5.74, 6) is -1.91. The fourth-order valence-electron chi connectivity index (χ4n) is 2.27. The first kappa shape index (κ1) is 22.0. The molecule has 0 aliphatic heterocycles. The van der Waals surface area contributed by atoms with Crippen molar-refractivity contribution >= 4 is 21.9 Å². The Labute approximate surface area is 155 Å². The normalized spacial score (nSPS) is 12.9. The Morgan fingerprint density at radius 2 is 1.77 bits per heavy atom. The van der Waals surface area contributed by atoms with Crippen molar-refractivity contribution in [2.45, 2.75) is 45.8 Å². The van der Waals surface area contributed by atoms with Crippen LogP contribution in [0.4, 0.5) is 4.79 Å². The molecule has 1 aromatic rings. The van der Waals surface area contributed by atoms with Crippen molar-refractivity contribution in [3.05, 3.63) is 35.9 Å². The third kappa shape index (κ3) is 9.41. The average Bonchev–Trinajstić information content (AvgIpc) is 2.44. The van der Waals surface area contributed by atoms with Crippen LogP contribution in [0.3, 0.4) is 0 Å². The van der Waals surface area contributed by atoms with Crippen LogP contribution >= 0.6 is 0 Å². The molecule has 1 amide bonds. The monoisotopic (exact) mass is 385 g/mol. The van der Waals surface area contributed by atoms with E-state index in [4.69, 9.17) is 9.47 Å². The summed E-state index contributed by atoms with van der Waals surface area (Å²) >= 11 is 0. The number of hydrogen-bond acceptors (Lipinski definition) is 6. The van der Waals surface area contributed by atoms with Gasteiger partial charge in [-0.2, -0.15) is 0 Å². The lowest BCUT2D eigenvalue weighted by Gasteiger charge is -2.23. The molecule has 1 atom stereocenters. The predicted molar refractivity (Wildman–Crippen MR) is 98.6 cm³/mol. The Hall–Kier alpha value is -2.09. The zero-order valence-corrected chi connectivity index (χ0v) is 16.5. The van der Waals surface area contributed by atoms with Crippen molar-refractivity contribution in [1.29, 1.82) is 0 Å². The molecule has 0 spiro atoms. The molecule has 0 aliphatic rings. The number of rotatable bonds is 8. The molecule has 0 heterocycles. The molecule has 0 saturated heterocycles. The Balaban J connectivity index is 2.86. The van der Waals surface area contributed by atoms with Crippen LogP contribution in [0.25, 0.3) is 0 Å². The molecule has 0 bridgehead atoms. The van der Waals surface area contributed by atoms with Gasteiger partial charge in [-0.05, 0) is 39.7 Å². The van der Waals surface area contributed by atoms with E-state index in [-0.39, 0.29) is 12.4 Å². The van der Waals surface area contributed by atoms with Crippen LogP contribution in [0.2, 0.25) is 0 Å². The third-order valence-corrected chi connectivity index (χ3v) is 4.73. The van der Waals surface area contributed by atoms with Crippen LogP contribution < -0.4 is 5.32 Å². The van der Waals surface area contributed by atoms with Gasteiger partial charge in [-0.25, -0.2) is 13.2 Å². The van der Waals surface area contributed by atoms with Gasteiger partial charge in [0.25, 0.3) is 0 Å². The van der Waals surface area contributed by atoms with Crippen LogP contribution in [-0.2, 0) is 30.5 Å². The van der Waals surface area contributed by atoms with Gasteiger partial charge in [0, 0.05) is 0 Å². The molecular formula is C18H27NO6S. The SMILES string of the molecule is CCOC(=O)CS(=O)(=O)CC(Cc1ccccc1)NC(=O)OC(C)(C)C. The summed E-state index contributed by atoms with van der Waals surface area (Å²) in [4.78, 5) is 23.5. The second kappa shape index (κ2) is 9.56. The maximum atomic E-state index is 12.3. The molecule has 1 rings (SSSR count). The summed E-state index contributed by atoms with van der Waals surface area (Å²) < 4.78 is 34.5. The second-order valence-corrected chi connectivity index (χ2v) is 9.00. The largest absolute Gasteiger partial charge is 0.465 e. The summed E-state index contributed by atoms with van der Waals surface area (Å²) in [6, 6.07) is 8.44. The van der Waals surface area contributed by atoms with Crippen LogP contribution in [0.1, 0.15) is 33.3 Å². The molecule has 7 nitrogen and oxygen atoms in total. The Morgan fingerprint density at radius 1 is 1.15 bits per heavy atom. The van der Waals surface area contributed by atoms with Crippen molar-refractivity contribution in [2.75, 3.05) is 18.1 Å². The fourth-order valence-corrected chi connectivity index (χ4v) is 3.65. The minimum Gasteiger partial charge on any atom is -0.465 e. The minimum atomic E-state index is -3.76. The number of ether oxygens (including phenoxy) is 2. The maximum Gasteiger partial charge on any atom is 0.407 e. The first-order valence-corrected chi connectivity index (χ1v) is 10.2. The van der Waals surface area contributed by atoms with Gasteiger partial charge in [0.05, 0.1) is 18.4 Å². The number of carbonyl (C=O) groups is 2. The van der Waals surface area contributed by atoms with Gasteiger partial charge in [-0.3, -0.25) is 4.79 Å². The lowest BCUT2D eigenvalue weighted by molar-refractivity contribution is -0.139. The summed E-state index contributed by atoms with van der Waals surface area (Å²) in [5.41, 5.74) is 0.158. The quantitative estimate of drug-likeness (QED) is 0.688. The predicted octanol–water partition coefficient (Wildman–Crippen LogP) is 2.10. The number of benzene rings is 1. The third-order valence-electron chi connectivity index (χ3n) is 3.14. The number of amides is 1. The topological polar surface area (TPSA) is 98.8 Å². The molecule has 1 aromatic carbocycles. The molecule has 0 fully saturated rings. The number of carbonyl (C=O) groups excluding carboxylic acids is 2. The van der Waals surface area contributed by atoms with E-state index in [0.29, 0.717) is 6.42 Å². The lowest BCUT2D eigenvalue weighted by Crippen LogP contribution is -2.44. The highest BCUT2D eigenvalue weighted by Crippen LogP contribution is 2.10. The van der Waals surface area contributed by atoms with Crippen LogP contribution in [-0.4, -0.2) is 50.2 Å². The highest BCUT2D eigenvalue weighted by Gasteiger charge is 2.26. The maximum absolute atomic E-state index is 12.3. The van der Waals surface area contributed by atoms with Gasteiger partial charge in [-0.15, -0.1) is 0 Å². The molecule has 26 heavy (non-hydrogen) atoms. The molecule has 0 aromatic heterocycles. The highest BCUT2D eigenvalue weighted by atomic mass is 32.2. The first-order chi connectivity index (χ1) is 12.0. The van der Waals surface area contributed by atoms with Gasteiger partial charge in [0.15, 0.2) is 9.84 Å². The van der Waals surface area contributed by atoms with Gasteiger partial charge in [0.1, 0.15) is 11.4 Å². The first-order valence-electron chi connectivity index (χ1n) is 8.40. The fraction of sp³-hybridized carbons (Fsp3) is 0.556. The Kier molecular flexibility index (Phi) is 8.08. The van der Waals surface area contributed by atoms with E-state index in [2.05, 4.69) is 5.32 Å². The van der Waals surface area contributed by atoms with Gasteiger partial charge >= 0.3 is 12.1 Å². The molecular weight excluding hydrogens is 358 g/mol. The number of nitrogens with one attached hydrogen (secondary N) is 1. The number of esters is 1. The standard InChI is InChI=1S/C18H27NO6S/c1-5-24-16(20)13-26(22,23)12-15(11-14-9-7-6-8-10-14)19-17(21)25-18(2,3)4/h6-10,15H,5,11-13H2,1-4H3,(H,19,21). The van der Waals surface area contributed by atoms with Crippen molar-refractivity contribution in [2.24, 2.45) is 0 Å². The van der Waals surface area contributed by atoms with Gasteiger partial charge in [0.2, 0.25) is 0 Å². The molecule has 0 saturated carbocycles. The number of sulfone groups is 1. The van der Waals surface area contributed by atoms with E-state index in [1.807, 2.05) is 30.3 Å². The van der Waals surface area contributed by atoms with Gasteiger partial charge in [-0.1, -0.05) is 30.3 Å². The number of hydrogen-bond donors (Lipinski definition) is 1. The average molecular weight is 385 g/mol. The lowest BCUT2D eigenvalue weighted by atomic mass is 10.1. The Bertz CT molecular complexity index is 694. The van der Waals surface area contributed by atoms with E-state index in [1.54, 1.807) is 27.7 Å². The van der Waals surface area contributed by atoms with E-state index >= 15 is 0 Å². The van der Waals surface area contributed by atoms with E-state index in [0.717, 1.165) is 5.56 Å². The summed E-state index contributed by atoms with van der Waals surface area (Å²) in [6.45, 7) is 6.87. The summed E-state index contributed by atoms with van der Waals surface area (Å²) in [5, 5.41) is 2.59. The zero-order chi connectivity index (χ0) is 19.8. The molecule has 0 aliphatic carbocycles. The van der Waals surface area contributed by atoms with Gasteiger partial charge < -0.3 is 14.8 Å². The molecule has 146 valence electrons. The van der Waals surface area contributed by atoms with Crippen molar-refractivity contribution in [3.63, 3.8) is 0 Å². The summed E-state index contributed by atoms with van der Waals surface area (Å²) in [7, 11) is -3.76. The Morgan fingerprint density at radius 3 is 2.31 bits per heavy atom. The van der Waals surface area contributed by atoms with Crippen LogP contribution in [0.15, 0.2) is 30.3 Å². The van der Waals surface area contributed by atoms with E-state index < -0.39 is 39.3 Å². The molecule has 8 heteroatoms. The second-order valence-electron chi connectivity index (χ2n) is 6.89. The van der Waals surface area contributed by atoms with E-state index in [9.17, 15) is 18.0 Å². The summed E-state index contributed by atoms with van der Waals surface area (Å²) in [6.07, 6.45) is -0.410. The minimum absolute atomic E-state index is 0.109. The van der Waals surface area contributed by atoms with E-state index in [1.165, 1.54) is 0 Å². The van der Waals surface area contributed by atoms with Crippen LogP contribution in [0, 0.1) is 0 Å². The molecule has 1 unspecified atom stereocenters.